The molecule has 1 heterocycles. The van der Waals surface area contributed by atoms with Crippen LogP contribution in [0.1, 0.15) is 52.7 Å². The molecule has 3 N–H and O–H groups in total. The molecule has 2 aromatic rings. The van der Waals surface area contributed by atoms with E-state index in [9.17, 15) is 9.90 Å². The Morgan fingerprint density at radius 3 is 2.64 bits per heavy atom. The molecule has 0 amide bonds. The van der Waals surface area contributed by atoms with Gasteiger partial charge >= 0.3 is 5.97 Å². The molecule has 2 unspecified atom stereocenters. The molecule has 1 aliphatic rings. The van der Waals surface area contributed by atoms with E-state index in [4.69, 9.17) is 26.6 Å². The number of ether oxygens (including phenoxy) is 1. The van der Waals surface area contributed by atoms with Crippen molar-refractivity contribution in [2.45, 2.75) is 51.7 Å². The number of carbonyl (C=O) groups is 1. The maximum Gasteiger partial charge on any atom is 0.345 e. The summed E-state index contributed by atoms with van der Waals surface area (Å²) in [6, 6.07) is 8.80. The van der Waals surface area contributed by atoms with E-state index in [2.05, 4.69) is 6.92 Å². The molecular weight excluding hydrogens is 400 g/mol. The summed E-state index contributed by atoms with van der Waals surface area (Å²) in [5.41, 5.74) is 0.749. The highest BCUT2D eigenvalue weighted by atomic mass is 35.5. The van der Waals surface area contributed by atoms with Gasteiger partial charge in [-0.3, -0.25) is 0 Å². The van der Waals surface area contributed by atoms with Gasteiger partial charge in [0.2, 0.25) is 0 Å². The monoisotopic (exact) mass is 426 g/mol. The largest absolute Gasteiger partial charge is 0.493 e. The maximum atomic E-state index is 10.4. The first-order valence-electron chi connectivity index (χ1n) is 9.44. The van der Waals surface area contributed by atoms with Crippen LogP contribution >= 0.6 is 22.9 Å². The van der Waals surface area contributed by atoms with Crippen LogP contribution < -0.4 is 4.74 Å². The number of aromatic carboxylic acids is 1. The topological polar surface area (TPSA) is 87.0 Å². The van der Waals surface area contributed by atoms with Crippen LogP contribution in [0.2, 0.25) is 5.02 Å². The Morgan fingerprint density at radius 1 is 1.29 bits per heavy atom. The van der Waals surface area contributed by atoms with Crippen LogP contribution in [0.15, 0.2) is 30.3 Å². The van der Waals surface area contributed by atoms with Gasteiger partial charge in [-0.05, 0) is 67.5 Å². The van der Waals surface area contributed by atoms with Gasteiger partial charge in [-0.1, -0.05) is 24.9 Å². The van der Waals surface area contributed by atoms with Gasteiger partial charge in [0.15, 0.2) is 0 Å². The zero-order chi connectivity index (χ0) is 20.5. The fourth-order valence-electron chi connectivity index (χ4n) is 3.08. The van der Waals surface area contributed by atoms with Crippen molar-refractivity contribution in [3.8, 4) is 5.75 Å². The average molecular weight is 427 g/mol. The summed E-state index contributed by atoms with van der Waals surface area (Å²) in [5.74, 6) is 0.279. The molecule has 0 bridgehead atoms. The molecule has 1 fully saturated rings. The average Bonchev–Trinajstić information content (AvgIpc) is 3.29. The van der Waals surface area contributed by atoms with E-state index in [1.807, 2.05) is 6.07 Å². The number of aliphatic hydroxyl groups excluding tert-OH is 2. The van der Waals surface area contributed by atoms with Crippen LogP contribution in [-0.4, -0.2) is 34.0 Å². The highest BCUT2D eigenvalue weighted by molar-refractivity contribution is 7.13. The molecule has 1 saturated carbocycles. The Labute approximate surface area is 174 Å². The number of carboxylic acids is 1. The van der Waals surface area contributed by atoms with E-state index in [0.29, 0.717) is 28.2 Å². The second kappa shape index (κ2) is 11.4. The number of benzene rings is 1. The Balaban J connectivity index is 0.000000221. The predicted molar refractivity (Wildman–Crippen MR) is 111 cm³/mol. The zero-order valence-electron chi connectivity index (χ0n) is 15.9. The Morgan fingerprint density at radius 2 is 2.07 bits per heavy atom. The minimum Gasteiger partial charge on any atom is -0.493 e. The van der Waals surface area contributed by atoms with Crippen molar-refractivity contribution in [1.82, 2.24) is 0 Å². The van der Waals surface area contributed by atoms with Crippen LogP contribution in [0.5, 0.6) is 5.75 Å². The van der Waals surface area contributed by atoms with Crippen LogP contribution in [0.25, 0.3) is 0 Å². The number of aliphatic hydroxyl groups is 2. The second-order valence-corrected chi connectivity index (χ2v) is 8.52. The Kier molecular flexibility index (Phi) is 9.25. The van der Waals surface area contributed by atoms with Crippen molar-refractivity contribution >= 4 is 28.9 Å². The number of thiophene rings is 1. The molecule has 28 heavy (non-hydrogen) atoms. The minimum absolute atomic E-state index is 0.0426. The summed E-state index contributed by atoms with van der Waals surface area (Å²) in [4.78, 5) is 12.0. The summed E-state index contributed by atoms with van der Waals surface area (Å²) < 4.78 is 5.65. The van der Waals surface area contributed by atoms with Gasteiger partial charge in [-0.2, -0.15) is 0 Å². The molecule has 0 aliphatic heterocycles. The number of aryl methyl sites for hydroxylation is 1. The summed E-state index contributed by atoms with van der Waals surface area (Å²) in [5, 5.41) is 27.6. The van der Waals surface area contributed by atoms with Crippen molar-refractivity contribution < 1.29 is 24.9 Å². The molecule has 0 saturated heterocycles. The summed E-state index contributed by atoms with van der Waals surface area (Å²) in [6.45, 7) is 2.64. The molecule has 0 spiro atoms. The van der Waals surface area contributed by atoms with Gasteiger partial charge < -0.3 is 20.1 Å². The fraction of sp³-hybridized carbons (Fsp3) is 0.476. The fourth-order valence-corrected chi connectivity index (χ4v) is 4.28. The molecule has 1 aliphatic carbocycles. The zero-order valence-corrected chi connectivity index (χ0v) is 17.5. The lowest BCUT2D eigenvalue weighted by molar-refractivity contribution is 0.0702. The van der Waals surface area contributed by atoms with Gasteiger partial charge in [-0.25, -0.2) is 4.79 Å². The van der Waals surface area contributed by atoms with Gasteiger partial charge in [0.1, 0.15) is 10.6 Å². The third-order valence-electron chi connectivity index (χ3n) is 4.48. The van der Waals surface area contributed by atoms with E-state index < -0.39 is 5.97 Å². The molecule has 0 radical (unpaired) electrons. The van der Waals surface area contributed by atoms with Crippen LogP contribution in [0.4, 0.5) is 0 Å². The number of halogens is 1. The maximum absolute atomic E-state index is 10.4. The molecular formula is C21H27ClO5S. The first-order chi connectivity index (χ1) is 13.4. The van der Waals surface area contributed by atoms with E-state index in [0.717, 1.165) is 42.5 Å². The van der Waals surface area contributed by atoms with Crippen LogP contribution in [0.3, 0.4) is 0 Å². The molecule has 7 heteroatoms. The van der Waals surface area contributed by atoms with Crippen LogP contribution in [0, 0.1) is 5.92 Å². The lowest BCUT2D eigenvalue weighted by Crippen LogP contribution is -2.10. The normalized spacial score (nSPS) is 18.4. The molecule has 154 valence electrons. The minimum atomic E-state index is -0.822. The number of hydrogen-bond donors (Lipinski definition) is 3. The van der Waals surface area contributed by atoms with Gasteiger partial charge in [0.05, 0.1) is 19.3 Å². The van der Waals surface area contributed by atoms with E-state index >= 15 is 0 Å². The van der Waals surface area contributed by atoms with Crippen molar-refractivity contribution in [2.24, 2.45) is 5.92 Å². The molecule has 5 nitrogen and oxygen atoms in total. The first kappa shape index (κ1) is 22.7. The Hall–Kier alpha value is -1.60. The molecule has 1 aromatic heterocycles. The van der Waals surface area contributed by atoms with Crippen LogP contribution in [-0.2, 0) is 13.0 Å². The van der Waals surface area contributed by atoms with Gasteiger partial charge in [0.25, 0.3) is 0 Å². The summed E-state index contributed by atoms with van der Waals surface area (Å²) in [6.07, 6.45) is 4.57. The second-order valence-electron chi connectivity index (χ2n) is 6.92. The van der Waals surface area contributed by atoms with Crippen molar-refractivity contribution in [2.75, 3.05) is 6.61 Å². The predicted octanol–water partition coefficient (Wildman–Crippen LogP) is 4.77. The lowest BCUT2D eigenvalue weighted by Gasteiger charge is -2.12. The van der Waals surface area contributed by atoms with E-state index in [-0.39, 0.29) is 12.7 Å². The molecule has 3 rings (SSSR count). The standard InChI is InChI=1S/C13H17ClO3.C8H10O2S/c14-11-3-10(7-15)5-13(6-11)17-8-9-1-2-12(16)4-9;1-2-3-6-4-5-7(11-6)8(9)10/h3,5-6,9,12,15-16H,1-2,4,7-8H2;4-5H,2-3H2,1H3,(H,9,10). The molecule has 2 atom stereocenters. The third-order valence-corrected chi connectivity index (χ3v) is 5.83. The number of rotatable bonds is 7. The number of carboxylic acid groups (broad SMARTS) is 1. The van der Waals surface area contributed by atoms with Crippen molar-refractivity contribution in [1.29, 1.82) is 0 Å². The van der Waals surface area contributed by atoms with Crippen molar-refractivity contribution in [3.05, 3.63) is 50.7 Å². The smallest absolute Gasteiger partial charge is 0.345 e. The molecule has 1 aromatic carbocycles. The SMILES string of the molecule is CCCc1ccc(C(=O)O)s1.OCc1cc(Cl)cc(OCC2CCC(O)C2)c1. The lowest BCUT2D eigenvalue weighted by atomic mass is 10.1. The van der Waals surface area contributed by atoms with Gasteiger partial charge in [0, 0.05) is 9.90 Å². The highest BCUT2D eigenvalue weighted by Crippen LogP contribution is 2.27. The quantitative estimate of drug-likeness (QED) is 0.593. The van der Waals surface area contributed by atoms with E-state index in [1.54, 1.807) is 24.3 Å². The van der Waals surface area contributed by atoms with E-state index in [1.165, 1.54) is 11.3 Å². The summed E-state index contributed by atoms with van der Waals surface area (Å²) in [7, 11) is 0. The summed E-state index contributed by atoms with van der Waals surface area (Å²) >= 11 is 7.28. The first-order valence-corrected chi connectivity index (χ1v) is 10.6. The highest BCUT2D eigenvalue weighted by Gasteiger charge is 2.23. The number of hydrogen-bond acceptors (Lipinski definition) is 5. The van der Waals surface area contributed by atoms with Crippen molar-refractivity contribution in [3.63, 3.8) is 0 Å². The Bertz CT molecular complexity index is 761. The third kappa shape index (κ3) is 7.43. The van der Waals surface area contributed by atoms with Gasteiger partial charge in [-0.15, -0.1) is 11.3 Å².